The maximum atomic E-state index is 10.4. The molecule has 3 heterocycles. The first-order valence-corrected chi connectivity index (χ1v) is 9.19. The predicted molar refractivity (Wildman–Crippen MR) is 103 cm³/mol. The van der Waals surface area contributed by atoms with E-state index >= 15 is 0 Å². The van der Waals surface area contributed by atoms with E-state index in [0.29, 0.717) is 23.0 Å². The summed E-state index contributed by atoms with van der Waals surface area (Å²) in [6, 6.07) is 0.450. The molecule has 1 aliphatic carbocycles. The number of rotatable bonds is 5. The molecule has 0 bridgehead atoms. The highest BCUT2D eigenvalue weighted by Gasteiger charge is 2.44. The third-order valence-corrected chi connectivity index (χ3v) is 5.27. The molecule has 4 rings (SSSR count). The van der Waals surface area contributed by atoms with E-state index in [1.54, 1.807) is 33.9 Å². The van der Waals surface area contributed by atoms with Crippen molar-refractivity contribution < 1.29 is 12.9 Å². The second-order valence-corrected chi connectivity index (χ2v) is 7.22. The van der Waals surface area contributed by atoms with E-state index in [1.165, 1.54) is 0 Å². The Kier molecular flexibility index (Phi) is 4.64. The number of terminal acetylenes is 1. The molecule has 138 valence electrons. The Bertz CT molecular complexity index is 864. The Morgan fingerprint density at radius 3 is 2.96 bits per heavy atom. The number of nitrogens with zero attached hydrogens (tertiary/aromatic N) is 5. The standard InChI is InChI=1S/C16H19IN6O3/c1-3-9-12(24)10(6-25-17)26-15(9)23-7-19-11-13(22(2)8-4-5-8)20-16(18)21-14(11)23/h1,7-10,12,15,24H,4-6H2,2H3,(H2,18,20,21)/t9?,10?,12-,15?/m0/s1. The zero-order chi connectivity index (χ0) is 18.4. The minimum Gasteiger partial charge on any atom is -0.389 e. The Hall–Kier alpha value is -1.68. The molecule has 0 radical (unpaired) electrons. The van der Waals surface area contributed by atoms with Gasteiger partial charge in [0.05, 0.1) is 18.9 Å². The van der Waals surface area contributed by atoms with Gasteiger partial charge in [0.2, 0.25) is 5.95 Å². The fourth-order valence-electron chi connectivity index (χ4n) is 3.35. The summed E-state index contributed by atoms with van der Waals surface area (Å²) >= 11 is 1.76. The van der Waals surface area contributed by atoms with Gasteiger partial charge in [-0.3, -0.25) is 4.57 Å². The number of hydrogen-bond acceptors (Lipinski definition) is 8. The molecular weight excluding hydrogens is 451 g/mol. The molecule has 1 saturated carbocycles. The zero-order valence-electron chi connectivity index (χ0n) is 14.1. The van der Waals surface area contributed by atoms with Crippen molar-refractivity contribution in [2.45, 2.75) is 37.3 Å². The van der Waals surface area contributed by atoms with Crippen LogP contribution in [0.3, 0.4) is 0 Å². The van der Waals surface area contributed by atoms with Gasteiger partial charge in [-0.1, -0.05) is 5.92 Å². The fourth-order valence-corrected chi connectivity index (χ4v) is 3.70. The van der Waals surface area contributed by atoms with Gasteiger partial charge in [0.25, 0.3) is 0 Å². The lowest BCUT2D eigenvalue weighted by molar-refractivity contribution is -0.0329. The maximum absolute atomic E-state index is 10.4. The van der Waals surface area contributed by atoms with Gasteiger partial charge in [-0.15, -0.1) is 6.42 Å². The van der Waals surface area contributed by atoms with Crippen molar-refractivity contribution in [3.63, 3.8) is 0 Å². The normalized spacial score (nSPS) is 28.4. The number of anilines is 2. The summed E-state index contributed by atoms with van der Waals surface area (Å²) in [5, 5.41) is 10.4. The number of imidazole rings is 1. The number of halogens is 1. The van der Waals surface area contributed by atoms with Crippen LogP contribution in [0.2, 0.25) is 0 Å². The van der Waals surface area contributed by atoms with Gasteiger partial charge in [-0.05, 0) is 12.8 Å². The second-order valence-electron chi connectivity index (χ2n) is 6.60. The van der Waals surface area contributed by atoms with Crippen molar-refractivity contribution in [1.82, 2.24) is 19.5 Å². The Labute approximate surface area is 164 Å². The van der Waals surface area contributed by atoms with Crippen LogP contribution in [0.25, 0.3) is 11.2 Å². The maximum Gasteiger partial charge on any atom is 0.224 e. The lowest BCUT2D eigenvalue weighted by Crippen LogP contribution is -2.29. The van der Waals surface area contributed by atoms with E-state index in [4.69, 9.17) is 20.0 Å². The van der Waals surface area contributed by atoms with Crippen LogP contribution in [0.1, 0.15) is 19.1 Å². The minimum atomic E-state index is -0.843. The lowest BCUT2D eigenvalue weighted by atomic mass is 10.0. The summed E-state index contributed by atoms with van der Waals surface area (Å²) in [5.74, 6) is 2.92. The molecule has 1 saturated heterocycles. The quantitative estimate of drug-likeness (QED) is 0.490. The lowest BCUT2D eigenvalue weighted by Gasteiger charge is -2.19. The third-order valence-electron chi connectivity index (χ3n) is 4.91. The van der Waals surface area contributed by atoms with E-state index in [-0.39, 0.29) is 12.6 Å². The van der Waals surface area contributed by atoms with Gasteiger partial charge in [0, 0.05) is 13.1 Å². The summed E-state index contributed by atoms with van der Waals surface area (Å²) in [5.41, 5.74) is 7.11. The smallest absolute Gasteiger partial charge is 0.224 e. The molecule has 9 nitrogen and oxygen atoms in total. The zero-order valence-corrected chi connectivity index (χ0v) is 16.3. The van der Waals surface area contributed by atoms with Gasteiger partial charge in [0.1, 0.15) is 35.2 Å². The van der Waals surface area contributed by atoms with E-state index in [2.05, 4.69) is 25.8 Å². The van der Waals surface area contributed by atoms with Crippen LogP contribution in [0.5, 0.6) is 0 Å². The molecule has 2 fully saturated rings. The average Bonchev–Trinajstić information content (AvgIpc) is 3.32. The van der Waals surface area contributed by atoms with Crippen molar-refractivity contribution in [3.8, 4) is 12.3 Å². The van der Waals surface area contributed by atoms with Crippen LogP contribution in [-0.2, 0) is 7.80 Å². The van der Waals surface area contributed by atoms with Crippen molar-refractivity contribution in [2.75, 3.05) is 24.3 Å². The van der Waals surface area contributed by atoms with E-state index in [1.807, 2.05) is 7.05 Å². The summed E-state index contributed by atoms with van der Waals surface area (Å²) in [4.78, 5) is 15.3. The minimum absolute atomic E-state index is 0.157. The number of aliphatic hydroxyl groups is 1. The molecule has 26 heavy (non-hydrogen) atoms. The summed E-state index contributed by atoms with van der Waals surface area (Å²) < 4.78 is 12.8. The number of aliphatic hydroxyl groups excluding tert-OH is 1. The number of nitrogen functional groups attached to an aromatic ring is 1. The van der Waals surface area contributed by atoms with Crippen LogP contribution in [0.15, 0.2) is 6.33 Å². The molecular formula is C16H19IN6O3. The number of fused-ring (bicyclic) bond motifs is 1. The highest BCUT2D eigenvalue weighted by atomic mass is 127. The van der Waals surface area contributed by atoms with Gasteiger partial charge in [-0.2, -0.15) is 9.97 Å². The van der Waals surface area contributed by atoms with Crippen molar-refractivity contribution in [3.05, 3.63) is 6.33 Å². The van der Waals surface area contributed by atoms with Gasteiger partial charge in [-0.25, -0.2) is 4.98 Å². The molecule has 1 aliphatic heterocycles. The topological polar surface area (TPSA) is 112 Å². The van der Waals surface area contributed by atoms with Crippen LogP contribution < -0.4 is 10.6 Å². The first-order valence-electron chi connectivity index (χ1n) is 8.31. The summed E-state index contributed by atoms with van der Waals surface area (Å²) in [6.07, 6.45) is 7.53. The van der Waals surface area contributed by atoms with Crippen LogP contribution in [-0.4, -0.2) is 56.5 Å². The van der Waals surface area contributed by atoms with E-state index in [9.17, 15) is 5.11 Å². The van der Waals surface area contributed by atoms with Gasteiger partial charge in [0.15, 0.2) is 23.2 Å². The van der Waals surface area contributed by atoms with Crippen molar-refractivity contribution in [2.24, 2.45) is 5.92 Å². The van der Waals surface area contributed by atoms with Gasteiger partial charge < -0.3 is 23.5 Å². The van der Waals surface area contributed by atoms with Crippen molar-refractivity contribution >= 4 is 45.9 Å². The third kappa shape index (κ3) is 2.88. The number of ether oxygens (including phenoxy) is 1. The average molecular weight is 470 g/mol. The SMILES string of the molecule is C#CC1C(n2cnc3c(N(C)C4CC4)nc(N)nc32)OC(COI)[C@H]1O. The largest absolute Gasteiger partial charge is 0.389 e. The van der Waals surface area contributed by atoms with Crippen LogP contribution >= 0.6 is 23.0 Å². The summed E-state index contributed by atoms with van der Waals surface area (Å²) in [6.45, 7) is 0.232. The number of nitrogens with two attached hydrogens (primary N) is 1. The molecule has 3 unspecified atom stereocenters. The van der Waals surface area contributed by atoms with E-state index < -0.39 is 24.4 Å². The molecule has 3 N–H and O–H groups in total. The fraction of sp³-hybridized carbons (Fsp3) is 0.562. The highest BCUT2D eigenvalue weighted by molar-refractivity contribution is 14.1. The highest BCUT2D eigenvalue weighted by Crippen LogP contribution is 2.38. The Morgan fingerprint density at radius 2 is 2.31 bits per heavy atom. The molecule has 10 heteroatoms. The number of hydrogen-bond donors (Lipinski definition) is 2. The Morgan fingerprint density at radius 1 is 1.54 bits per heavy atom. The first-order chi connectivity index (χ1) is 12.5. The van der Waals surface area contributed by atoms with Gasteiger partial charge >= 0.3 is 0 Å². The monoisotopic (exact) mass is 470 g/mol. The van der Waals surface area contributed by atoms with Crippen LogP contribution in [0, 0.1) is 18.3 Å². The molecule has 0 amide bonds. The van der Waals surface area contributed by atoms with Crippen molar-refractivity contribution in [1.29, 1.82) is 0 Å². The molecule has 4 atom stereocenters. The van der Waals surface area contributed by atoms with E-state index in [0.717, 1.165) is 12.8 Å². The predicted octanol–water partition coefficient (Wildman–Crippen LogP) is 0.881. The summed E-state index contributed by atoms with van der Waals surface area (Å²) in [7, 11) is 1.98. The molecule has 2 aromatic heterocycles. The molecule has 0 aromatic carbocycles. The first kappa shape index (κ1) is 17.7. The molecule has 2 aliphatic rings. The Balaban J connectivity index is 1.76. The molecule has 0 spiro atoms. The molecule has 2 aromatic rings. The van der Waals surface area contributed by atoms with Crippen LogP contribution in [0.4, 0.5) is 11.8 Å². The second kappa shape index (κ2) is 6.80. The number of aromatic nitrogens is 4.